The van der Waals surface area contributed by atoms with Crippen LogP contribution in [0.1, 0.15) is 38.9 Å². The van der Waals surface area contributed by atoms with Crippen LogP contribution in [-0.4, -0.2) is 6.72 Å². The number of nitrogens with two attached hydrogens (primary N) is 1. The van der Waals surface area contributed by atoms with Crippen molar-refractivity contribution in [1.82, 2.24) is 0 Å². The Morgan fingerprint density at radius 1 is 0.486 bits per heavy atom. The van der Waals surface area contributed by atoms with E-state index in [0.29, 0.717) is 28.7 Å². The highest BCUT2D eigenvalue weighted by molar-refractivity contribution is 6.09. The van der Waals surface area contributed by atoms with E-state index in [1.54, 1.807) is 0 Å². The van der Waals surface area contributed by atoms with Gasteiger partial charge in [0.25, 0.3) is 0 Å². The second-order valence-electron chi connectivity index (χ2n) is 18.0. The van der Waals surface area contributed by atoms with Crippen LogP contribution in [0.3, 0.4) is 0 Å². The van der Waals surface area contributed by atoms with Crippen LogP contribution in [0.4, 0.5) is 0 Å². The van der Waals surface area contributed by atoms with Gasteiger partial charge in [0.2, 0.25) is 0 Å². The maximum Gasteiger partial charge on any atom is 0.178 e. The first-order chi connectivity index (χ1) is 34.5. The Balaban J connectivity index is 0.939. The normalized spacial score (nSPS) is 14.1. The Labute approximate surface area is 406 Å². The molecule has 0 radical (unpaired) electrons. The summed E-state index contributed by atoms with van der Waals surface area (Å²) in [6, 6.07) is 82.0. The van der Waals surface area contributed by atoms with E-state index in [1.807, 2.05) is 66.7 Å². The number of furan rings is 1. The topological polar surface area (TPSA) is 70.0 Å². The Kier molecular flexibility index (Phi) is 9.61. The van der Waals surface area contributed by atoms with Gasteiger partial charge in [0.05, 0.1) is 16.7 Å². The van der Waals surface area contributed by atoms with Gasteiger partial charge in [0.15, 0.2) is 23.0 Å². The van der Waals surface area contributed by atoms with Gasteiger partial charge in [0.1, 0.15) is 11.2 Å². The third kappa shape index (κ3) is 6.33. The van der Waals surface area contributed by atoms with Crippen molar-refractivity contribution in [3.05, 3.63) is 282 Å². The molecule has 2 N–H and O–H groups in total. The van der Waals surface area contributed by atoms with E-state index in [-0.39, 0.29) is 0 Å². The first-order valence-corrected chi connectivity index (χ1v) is 23.6. The van der Waals surface area contributed by atoms with Gasteiger partial charge in [-0.25, -0.2) is 0 Å². The summed E-state index contributed by atoms with van der Waals surface area (Å²) in [6.45, 7) is 4.01. The molecule has 1 aliphatic carbocycles. The van der Waals surface area contributed by atoms with Crippen molar-refractivity contribution in [2.75, 3.05) is 0 Å². The van der Waals surface area contributed by atoms with Gasteiger partial charge in [-0.15, -0.1) is 0 Å². The molecule has 11 aromatic rings. The molecule has 70 heavy (non-hydrogen) atoms. The largest absolute Gasteiger partial charge is 0.455 e. The molecule has 5 heteroatoms. The van der Waals surface area contributed by atoms with E-state index >= 15 is 0 Å². The Hall–Kier alpha value is -9.03. The molecule has 1 unspecified atom stereocenters. The molecule has 5 nitrogen and oxygen atoms in total. The molecular formula is C65H44N2O3. The number of benzene rings is 10. The lowest BCUT2D eigenvalue weighted by Gasteiger charge is -2.34. The lowest BCUT2D eigenvalue weighted by atomic mass is 9.68. The molecule has 0 bridgehead atoms. The quantitative estimate of drug-likeness (QED) is 0.147. The average molecular weight is 901 g/mol. The number of rotatable bonds is 9. The van der Waals surface area contributed by atoms with Crippen LogP contribution in [0.5, 0.6) is 23.0 Å². The maximum atomic E-state index is 7.82. The molecule has 0 amide bonds. The molecule has 0 fully saturated rings. The smallest absolute Gasteiger partial charge is 0.178 e. The summed E-state index contributed by atoms with van der Waals surface area (Å²) in [5.74, 6) is 2.62. The van der Waals surface area contributed by atoms with Gasteiger partial charge < -0.3 is 19.6 Å². The summed E-state index contributed by atoms with van der Waals surface area (Å²) in [4.78, 5) is 4.55. The zero-order valence-electron chi connectivity index (χ0n) is 38.1. The molecule has 1 aromatic heterocycles. The van der Waals surface area contributed by atoms with Gasteiger partial charge in [0, 0.05) is 27.5 Å². The molecule has 332 valence electrons. The van der Waals surface area contributed by atoms with Crippen molar-refractivity contribution >= 4 is 34.4 Å². The Morgan fingerprint density at radius 3 is 1.89 bits per heavy atom. The van der Waals surface area contributed by atoms with E-state index in [1.165, 1.54) is 16.7 Å². The number of para-hydroxylation sites is 3. The number of ether oxygens (including phenoxy) is 2. The van der Waals surface area contributed by atoms with E-state index < -0.39 is 11.0 Å². The molecule has 13 rings (SSSR count). The van der Waals surface area contributed by atoms with Crippen LogP contribution < -0.4 is 15.2 Å². The molecule has 0 saturated carbocycles. The Morgan fingerprint density at radius 2 is 1.11 bits per heavy atom. The van der Waals surface area contributed by atoms with Gasteiger partial charge in [-0.2, -0.15) is 0 Å². The van der Waals surface area contributed by atoms with Crippen molar-refractivity contribution in [2.24, 2.45) is 10.7 Å². The highest BCUT2D eigenvalue weighted by Crippen LogP contribution is 2.63. The molecule has 1 aliphatic heterocycles. The van der Waals surface area contributed by atoms with Crippen LogP contribution in [0.25, 0.3) is 61.0 Å². The monoisotopic (exact) mass is 900 g/mol. The van der Waals surface area contributed by atoms with Crippen LogP contribution in [0.15, 0.2) is 252 Å². The van der Waals surface area contributed by atoms with Gasteiger partial charge >= 0.3 is 0 Å². The van der Waals surface area contributed by atoms with Gasteiger partial charge in [-0.3, -0.25) is 4.99 Å². The molecule has 2 aliphatic rings. The fraction of sp³-hybridized carbons (Fsp3) is 0.0308. The Bertz CT molecular complexity index is 3820. The average Bonchev–Trinajstić information content (AvgIpc) is 3.97. The predicted octanol–water partition coefficient (Wildman–Crippen LogP) is 16.1. The molecule has 2 heterocycles. The summed E-state index contributed by atoms with van der Waals surface area (Å²) in [5.41, 5.74) is 21.8. The first-order valence-electron chi connectivity index (χ1n) is 23.6. The molecule has 10 aromatic carbocycles. The summed E-state index contributed by atoms with van der Waals surface area (Å²) < 4.78 is 20.6. The minimum absolute atomic E-state index is 0.587. The molecule has 0 saturated heterocycles. The standard InChI is InChI=1S/C65H44N2O3/c1-67-56(43-18-5-2-6-19-43)41-64(66,45-36-34-42(35-37-45)49-28-16-30-52-51-26-12-14-32-57(51)69-61(49)52)48-25-15-20-44(40-48)50-29-17-33-58-62(50)70-63-59(68-58)39-38-55-60(63)53-27-11-13-31-54(53)65(55,46-21-7-3-8-22-46)47-23-9-4-10-24-47/h2-41H,1,66H2/b56-41-. The van der Waals surface area contributed by atoms with Crippen LogP contribution in [-0.2, 0) is 11.0 Å². The van der Waals surface area contributed by atoms with Crippen molar-refractivity contribution in [3.63, 3.8) is 0 Å². The minimum Gasteiger partial charge on any atom is -0.455 e. The maximum absolute atomic E-state index is 7.82. The van der Waals surface area contributed by atoms with E-state index in [9.17, 15) is 0 Å². The predicted molar refractivity (Wildman–Crippen MR) is 284 cm³/mol. The summed E-state index contributed by atoms with van der Waals surface area (Å²) in [7, 11) is 0. The zero-order chi connectivity index (χ0) is 46.8. The molecule has 0 spiro atoms. The number of nitrogens with zero attached hydrogens (tertiary/aromatic N) is 1. The lowest BCUT2D eigenvalue weighted by molar-refractivity contribution is 0.361. The van der Waals surface area contributed by atoms with Crippen molar-refractivity contribution < 1.29 is 13.9 Å². The summed E-state index contributed by atoms with van der Waals surface area (Å²) >= 11 is 0. The van der Waals surface area contributed by atoms with E-state index in [4.69, 9.17) is 19.6 Å². The SMILES string of the molecule is C=N/C(=C\C(N)(c1ccc(-c2cccc3c2oc2ccccc23)cc1)c1cccc(-c2cccc3c2Oc2c(ccc4c2-c2ccccc2C4(c2ccccc2)c2ccccc2)O3)c1)c1ccccc1. The van der Waals surface area contributed by atoms with Gasteiger partial charge in [-0.1, -0.05) is 212 Å². The second kappa shape index (κ2) is 16.3. The second-order valence-corrected chi connectivity index (χ2v) is 18.0. The van der Waals surface area contributed by atoms with E-state index in [2.05, 4.69) is 188 Å². The van der Waals surface area contributed by atoms with Crippen LogP contribution >= 0.6 is 0 Å². The third-order valence-electron chi connectivity index (χ3n) is 14.3. The highest BCUT2D eigenvalue weighted by Gasteiger charge is 2.48. The van der Waals surface area contributed by atoms with Crippen molar-refractivity contribution in [1.29, 1.82) is 0 Å². The summed E-state index contributed by atoms with van der Waals surface area (Å²) in [5, 5.41) is 2.17. The van der Waals surface area contributed by atoms with Crippen molar-refractivity contribution in [3.8, 4) is 56.4 Å². The minimum atomic E-state index is -1.16. The lowest BCUT2D eigenvalue weighted by Crippen LogP contribution is -2.36. The van der Waals surface area contributed by atoms with Crippen LogP contribution in [0, 0.1) is 0 Å². The summed E-state index contributed by atoms with van der Waals surface area (Å²) in [6.07, 6.45) is 2.02. The fourth-order valence-electron chi connectivity index (χ4n) is 11.0. The number of aliphatic imine (C=N–C) groups is 1. The van der Waals surface area contributed by atoms with Crippen molar-refractivity contribution in [2.45, 2.75) is 11.0 Å². The fourth-order valence-corrected chi connectivity index (χ4v) is 11.0. The van der Waals surface area contributed by atoms with Gasteiger partial charge in [-0.05, 0) is 92.7 Å². The number of fused-ring (bicyclic) bond motifs is 9. The van der Waals surface area contributed by atoms with Crippen LogP contribution in [0.2, 0.25) is 0 Å². The third-order valence-corrected chi connectivity index (χ3v) is 14.3. The highest BCUT2D eigenvalue weighted by atomic mass is 16.6. The molecular weight excluding hydrogens is 857 g/mol. The molecule has 1 atom stereocenters. The first kappa shape index (κ1) is 41.2. The number of hydrogen-bond donors (Lipinski definition) is 1. The number of hydrogen-bond acceptors (Lipinski definition) is 5. The van der Waals surface area contributed by atoms with E-state index in [0.717, 1.165) is 77.6 Å². The zero-order valence-corrected chi connectivity index (χ0v) is 38.1.